The third-order valence-electron chi connectivity index (χ3n) is 0.909. The number of hydrogen-bond donors (Lipinski definition) is 0. The lowest BCUT2D eigenvalue weighted by atomic mass is 10.2. The van der Waals surface area contributed by atoms with Gasteiger partial charge in [-0.1, -0.05) is 0 Å². The van der Waals surface area contributed by atoms with Gasteiger partial charge >= 0.3 is 0 Å². The minimum atomic E-state index is -0.417. The van der Waals surface area contributed by atoms with Crippen LogP contribution in [0, 0.1) is 0 Å². The molecule has 1 aliphatic carbocycles. The topological polar surface area (TPSA) is 26.3 Å². The molecule has 0 aromatic rings. The van der Waals surface area contributed by atoms with Crippen LogP contribution < -0.4 is 0 Å². The molecule has 0 heterocycles. The quantitative estimate of drug-likeness (QED) is 0.552. The van der Waals surface area contributed by atoms with Crippen molar-refractivity contribution in [2.24, 2.45) is 0 Å². The molecular weight excluding hydrogens is 147 g/mol. The standard InChI is InChI=1S/C5H10O2.C3H5F/c1-5(2,3)7-4-6;4-3-1-2-3/h4H,1-3H3;3H,1-2H2. The fourth-order valence-corrected chi connectivity index (χ4v) is 0.207. The zero-order valence-corrected chi connectivity index (χ0v) is 7.26. The first kappa shape index (κ1) is 10.4. The number of rotatable bonds is 1. The highest BCUT2D eigenvalue weighted by Crippen LogP contribution is 2.22. The van der Waals surface area contributed by atoms with Gasteiger partial charge in [-0.15, -0.1) is 0 Å². The van der Waals surface area contributed by atoms with Crippen molar-refractivity contribution >= 4 is 6.47 Å². The fourth-order valence-electron chi connectivity index (χ4n) is 0.207. The van der Waals surface area contributed by atoms with Gasteiger partial charge in [-0.3, -0.25) is 4.79 Å². The molecule has 0 atom stereocenters. The summed E-state index contributed by atoms with van der Waals surface area (Å²) >= 11 is 0. The van der Waals surface area contributed by atoms with Crippen LogP contribution in [0.2, 0.25) is 0 Å². The molecule has 0 aliphatic heterocycles. The molecule has 0 N–H and O–H groups in total. The smallest absolute Gasteiger partial charge is 0.293 e. The summed E-state index contributed by atoms with van der Waals surface area (Å²) < 4.78 is 15.7. The molecule has 1 aliphatic rings. The van der Waals surface area contributed by atoms with Gasteiger partial charge in [0.25, 0.3) is 6.47 Å². The summed E-state index contributed by atoms with van der Waals surface area (Å²) in [7, 11) is 0. The lowest BCUT2D eigenvalue weighted by Crippen LogP contribution is -2.17. The molecule has 1 rings (SSSR count). The average molecular weight is 162 g/mol. The Morgan fingerprint density at radius 3 is 1.82 bits per heavy atom. The first-order valence-electron chi connectivity index (χ1n) is 3.71. The zero-order valence-electron chi connectivity index (χ0n) is 7.26. The molecule has 0 spiro atoms. The number of carbonyl (C=O) groups is 1. The molecule has 3 heteroatoms. The van der Waals surface area contributed by atoms with E-state index in [0.717, 1.165) is 12.8 Å². The Morgan fingerprint density at radius 1 is 1.45 bits per heavy atom. The summed E-state index contributed by atoms with van der Waals surface area (Å²) in [6, 6.07) is 0. The van der Waals surface area contributed by atoms with E-state index in [1.807, 2.05) is 20.8 Å². The van der Waals surface area contributed by atoms with Gasteiger partial charge in [0, 0.05) is 0 Å². The molecule has 2 nitrogen and oxygen atoms in total. The van der Waals surface area contributed by atoms with Crippen LogP contribution in [0.5, 0.6) is 0 Å². The molecule has 0 amide bonds. The average Bonchev–Trinajstić information content (AvgIpc) is 2.48. The molecule has 1 fully saturated rings. The first-order valence-corrected chi connectivity index (χ1v) is 3.71. The summed E-state index contributed by atoms with van der Waals surface area (Å²) in [4.78, 5) is 9.60. The van der Waals surface area contributed by atoms with E-state index in [1.54, 1.807) is 0 Å². The number of ether oxygens (including phenoxy) is 1. The molecule has 11 heavy (non-hydrogen) atoms. The van der Waals surface area contributed by atoms with Crippen molar-refractivity contribution in [1.29, 1.82) is 0 Å². The predicted molar refractivity (Wildman–Crippen MR) is 41.0 cm³/mol. The molecular formula is C8H15FO2. The predicted octanol–water partition coefficient (Wildman–Crippen LogP) is 2.08. The van der Waals surface area contributed by atoms with Crippen LogP contribution in [-0.2, 0) is 9.53 Å². The summed E-state index contributed by atoms with van der Waals surface area (Å²) in [5.41, 5.74) is -0.318. The molecule has 1 saturated carbocycles. The van der Waals surface area contributed by atoms with Crippen molar-refractivity contribution in [3.63, 3.8) is 0 Å². The minimum Gasteiger partial charge on any atom is -0.462 e. The maximum atomic E-state index is 11.1. The SMILES string of the molecule is CC(C)(C)OC=O.FC1CC1. The molecule has 0 bridgehead atoms. The molecule has 66 valence electrons. The number of carbonyl (C=O) groups excluding carboxylic acids is 1. The molecule has 0 radical (unpaired) electrons. The number of hydrogen-bond acceptors (Lipinski definition) is 2. The second-order valence-electron chi connectivity index (χ2n) is 3.50. The van der Waals surface area contributed by atoms with Crippen molar-refractivity contribution in [3.8, 4) is 0 Å². The van der Waals surface area contributed by atoms with Crippen molar-refractivity contribution < 1.29 is 13.9 Å². The van der Waals surface area contributed by atoms with Crippen LogP contribution >= 0.6 is 0 Å². The van der Waals surface area contributed by atoms with E-state index in [9.17, 15) is 9.18 Å². The Balaban J connectivity index is 0.000000207. The Kier molecular flexibility index (Phi) is 4.08. The van der Waals surface area contributed by atoms with Gasteiger partial charge < -0.3 is 4.74 Å². The fraction of sp³-hybridized carbons (Fsp3) is 0.875. The van der Waals surface area contributed by atoms with Crippen LogP contribution in [0.4, 0.5) is 4.39 Å². The maximum absolute atomic E-state index is 11.1. The zero-order chi connectivity index (χ0) is 8.91. The summed E-state index contributed by atoms with van der Waals surface area (Å²) in [5, 5.41) is 0. The van der Waals surface area contributed by atoms with Crippen molar-refractivity contribution in [3.05, 3.63) is 0 Å². The van der Waals surface area contributed by atoms with Gasteiger partial charge in [-0.2, -0.15) is 0 Å². The highest BCUT2D eigenvalue weighted by atomic mass is 19.1. The minimum absolute atomic E-state index is 0.318. The van der Waals surface area contributed by atoms with Crippen LogP contribution in [0.1, 0.15) is 33.6 Å². The summed E-state index contributed by atoms with van der Waals surface area (Å²) in [6.45, 7) is 5.92. The van der Waals surface area contributed by atoms with Gasteiger partial charge in [0.15, 0.2) is 0 Å². The van der Waals surface area contributed by atoms with Gasteiger partial charge in [-0.05, 0) is 33.6 Å². The van der Waals surface area contributed by atoms with Crippen LogP contribution in [0.25, 0.3) is 0 Å². The lowest BCUT2D eigenvalue weighted by molar-refractivity contribution is -0.138. The van der Waals surface area contributed by atoms with Crippen LogP contribution in [-0.4, -0.2) is 18.2 Å². The maximum Gasteiger partial charge on any atom is 0.293 e. The van der Waals surface area contributed by atoms with Crippen LogP contribution in [0.3, 0.4) is 0 Å². The van der Waals surface area contributed by atoms with Gasteiger partial charge in [0.2, 0.25) is 0 Å². The van der Waals surface area contributed by atoms with Gasteiger partial charge in [0.1, 0.15) is 11.8 Å². The molecule has 0 saturated heterocycles. The molecule has 0 aromatic carbocycles. The summed E-state index contributed by atoms with van der Waals surface area (Å²) in [6.07, 6.45) is 1.22. The van der Waals surface area contributed by atoms with Crippen LogP contribution in [0.15, 0.2) is 0 Å². The van der Waals surface area contributed by atoms with E-state index in [2.05, 4.69) is 4.74 Å². The Bertz CT molecular complexity index is 114. The van der Waals surface area contributed by atoms with Crippen molar-refractivity contribution in [2.45, 2.75) is 45.4 Å². The molecule has 0 unspecified atom stereocenters. The Labute approximate surface area is 66.7 Å². The second-order valence-corrected chi connectivity index (χ2v) is 3.50. The number of alkyl halides is 1. The Morgan fingerprint density at radius 2 is 1.82 bits per heavy atom. The van der Waals surface area contributed by atoms with E-state index < -0.39 is 6.17 Å². The summed E-state index contributed by atoms with van der Waals surface area (Å²) in [5.74, 6) is 0. The van der Waals surface area contributed by atoms with E-state index in [4.69, 9.17) is 0 Å². The monoisotopic (exact) mass is 162 g/mol. The van der Waals surface area contributed by atoms with E-state index in [0.29, 0.717) is 6.47 Å². The third kappa shape index (κ3) is 12.6. The lowest BCUT2D eigenvalue weighted by Gasteiger charge is -2.14. The largest absolute Gasteiger partial charge is 0.462 e. The van der Waals surface area contributed by atoms with Crippen molar-refractivity contribution in [2.75, 3.05) is 0 Å². The first-order chi connectivity index (χ1) is 4.95. The normalized spacial score (nSPS) is 16.4. The third-order valence-corrected chi connectivity index (χ3v) is 0.909. The van der Waals surface area contributed by atoms with Gasteiger partial charge in [-0.25, -0.2) is 4.39 Å². The highest BCUT2D eigenvalue weighted by molar-refractivity contribution is 5.37. The Hall–Kier alpha value is -0.600. The van der Waals surface area contributed by atoms with Crippen molar-refractivity contribution in [1.82, 2.24) is 0 Å². The number of halogens is 1. The molecule has 0 aromatic heterocycles. The van der Waals surface area contributed by atoms with E-state index in [1.165, 1.54) is 0 Å². The van der Waals surface area contributed by atoms with E-state index >= 15 is 0 Å². The van der Waals surface area contributed by atoms with Gasteiger partial charge in [0.05, 0.1) is 0 Å². The van der Waals surface area contributed by atoms with E-state index in [-0.39, 0.29) is 5.60 Å². The highest BCUT2D eigenvalue weighted by Gasteiger charge is 2.18. The second kappa shape index (κ2) is 4.31.